The molecule has 7 nitrogen and oxygen atoms in total. The van der Waals surface area contributed by atoms with Crippen LogP contribution in [-0.2, 0) is 9.53 Å². The number of nitrogens with zero attached hydrogens (tertiary/aromatic N) is 3. The maximum atomic E-state index is 12.3. The number of carbonyl (C=O) groups excluding carboxylic acids is 1. The van der Waals surface area contributed by atoms with E-state index < -0.39 is 17.0 Å². The maximum Gasteiger partial charge on any atom is 0.349 e. The summed E-state index contributed by atoms with van der Waals surface area (Å²) in [7, 11) is 3.83. The Morgan fingerprint density at radius 2 is 1.93 bits per heavy atom. The number of hydrogen-bond donors (Lipinski definition) is 0. The number of nitro benzene ring substituents is 1. The van der Waals surface area contributed by atoms with E-state index in [4.69, 9.17) is 4.74 Å². The third-order valence-corrected chi connectivity index (χ3v) is 3.90. The monoisotopic (exact) mass is 365 g/mol. The van der Waals surface area contributed by atoms with Gasteiger partial charge in [-0.2, -0.15) is 5.26 Å². The third kappa shape index (κ3) is 5.16. The summed E-state index contributed by atoms with van der Waals surface area (Å²) < 4.78 is 5.30. The molecular weight excluding hydrogens is 346 g/mol. The molecule has 27 heavy (non-hydrogen) atoms. The summed E-state index contributed by atoms with van der Waals surface area (Å²) in [4.78, 5) is 24.6. The number of non-ortho nitro benzene ring substituents is 1. The van der Waals surface area contributed by atoms with Crippen LogP contribution in [-0.4, -0.2) is 25.0 Å². The topological polar surface area (TPSA) is 96.5 Å². The van der Waals surface area contributed by atoms with Gasteiger partial charge in [0.1, 0.15) is 17.7 Å². The van der Waals surface area contributed by atoms with Gasteiger partial charge in [0.2, 0.25) is 0 Å². The molecule has 0 spiro atoms. The van der Waals surface area contributed by atoms with Crippen LogP contribution in [0.1, 0.15) is 24.2 Å². The van der Waals surface area contributed by atoms with E-state index in [1.54, 1.807) is 25.1 Å². The highest BCUT2D eigenvalue weighted by molar-refractivity contribution is 5.98. The van der Waals surface area contributed by atoms with Gasteiger partial charge in [-0.25, -0.2) is 4.79 Å². The minimum Gasteiger partial charge on any atom is -0.454 e. The van der Waals surface area contributed by atoms with Crippen LogP contribution in [0.2, 0.25) is 0 Å². The molecule has 7 heteroatoms. The van der Waals surface area contributed by atoms with E-state index in [0.29, 0.717) is 11.1 Å². The predicted molar refractivity (Wildman–Crippen MR) is 102 cm³/mol. The molecule has 1 atom stereocenters. The average molecular weight is 365 g/mol. The number of carbonyl (C=O) groups is 1. The zero-order valence-electron chi connectivity index (χ0n) is 15.2. The molecule has 0 amide bonds. The Balaban J connectivity index is 2.15. The number of anilines is 1. The van der Waals surface area contributed by atoms with Gasteiger partial charge in [-0.05, 0) is 36.3 Å². The number of ether oxygens (including phenoxy) is 1. The van der Waals surface area contributed by atoms with Crippen molar-refractivity contribution in [3.8, 4) is 6.07 Å². The van der Waals surface area contributed by atoms with Gasteiger partial charge in [0.05, 0.1) is 4.92 Å². The summed E-state index contributed by atoms with van der Waals surface area (Å²) in [6, 6.07) is 15.0. The summed E-state index contributed by atoms with van der Waals surface area (Å²) in [5, 5.41) is 20.1. The van der Waals surface area contributed by atoms with Gasteiger partial charge < -0.3 is 9.64 Å². The molecule has 0 saturated carbocycles. The number of nitro groups is 1. The summed E-state index contributed by atoms with van der Waals surface area (Å²) >= 11 is 0. The highest BCUT2D eigenvalue weighted by Crippen LogP contribution is 2.23. The van der Waals surface area contributed by atoms with Crippen molar-refractivity contribution >= 4 is 23.4 Å². The van der Waals surface area contributed by atoms with Crippen LogP contribution >= 0.6 is 0 Å². The normalized spacial score (nSPS) is 12.0. The van der Waals surface area contributed by atoms with Gasteiger partial charge in [0, 0.05) is 31.9 Å². The summed E-state index contributed by atoms with van der Waals surface area (Å²) in [5.41, 5.74) is 1.92. The SMILES string of the molecule is C[C@@H](OC(=O)/C(C#N)=C/c1ccc(N(C)C)cc1)c1cccc([N+](=O)[O-])c1. The van der Waals surface area contributed by atoms with Crippen molar-refractivity contribution in [2.45, 2.75) is 13.0 Å². The van der Waals surface area contributed by atoms with Gasteiger partial charge in [-0.15, -0.1) is 0 Å². The second kappa shape index (κ2) is 8.63. The Bertz CT molecular complexity index is 912. The zero-order valence-corrected chi connectivity index (χ0v) is 15.2. The molecule has 0 saturated heterocycles. The number of esters is 1. The maximum absolute atomic E-state index is 12.3. The van der Waals surface area contributed by atoms with Crippen molar-refractivity contribution in [2.24, 2.45) is 0 Å². The minimum atomic E-state index is -0.784. The van der Waals surface area contributed by atoms with E-state index >= 15 is 0 Å². The molecule has 0 aliphatic carbocycles. The molecule has 0 aromatic heterocycles. The van der Waals surface area contributed by atoms with E-state index in [9.17, 15) is 20.2 Å². The Morgan fingerprint density at radius 1 is 1.26 bits per heavy atom. The molecule has 0 N–H and O–H groups in total. The Morgan fingerprint density at radius 3 is 2.48 bits per heavy atom. The summed E-state index contributed by atoms with van der Waals surface area (Å²) in [6.45, 7) is 1.60. The number of nitriles is 1. The first-order valence-corrected chi connectivity index (χ1v) is 8.16. The molecule has 0 aliphatic rings. The van der Waals surface area contributed by atoms with Crippen LogP contribution in [0.5, 0.6) is 0 Å². The summed E-state index contributed by atoms with van der Waals surface area (Å²) in [6.07, 6.45) is 0.715. The molecule has 0 bridgehead atoms. The fraction of sp³-hybridized carbons (Fsp3) is 0.200. The van der Waals surface area contributed by atoms with E-state index in [1.807, 2.05) is 37.2 Å². The van der Waals surface area contributed by atoms with Crippen LogP contribution in [0, 0.1) is 21.4 Å². The molecule has 2 aromatic rings. The standard InChI is InChI=1S/C20H19N3O4/c1-14(16-5-4-6-19(12-16)23(25)26)27-20(24)17(13-21)11-15-7-9-18(10-8-15)22(2)3/h4-12,14H,1-3H3/b17-11+/t14-/m1/s1. The first kappa shape index (κ1) is 19.7. The van der Waals surface area contributed by atoms with Crippen LogP contribution in [0.15, 0.2) is 54.1 Å². The van der Waals surface area contributed by atoms with Crippen molar-refractivity contribution in [3.63, 3.8) is 0 Å². The Hall–Kier alpha value is -3.66. The lowest BCUT2D eigenvalue weighted by molar-refractivity contribution is -0.385. The number of hydrogen-bond acceptors (Lipinski definition) is 6. The lowest BCUT2D eigenvalue weighted by Crippen LogP contribution is -2.11. The Kier molecular flexibility index (Phi) is 6.28. The van der Waals surface area contributed by atoms with Gasteiger partial charge in [0.25, 0.3) is 5.69 Å². The molecule has 2 aromatic carbocycles. The highest BCUT2D eigenvalue weighted by atomic mass is 16.6. The van der Waals surface area contributed by atoms with Crippen molar-refractivity contribution in [3.05, 3.63) is 75.3 Å². The quantitative estimate of drug-likeness (QED) is 0.253. The van der Waals surface area contributed by atoms with Crippen LogP contribution in [0.3, 0.4) is 0 Å². The molecule has 0 aliphatic heterocycles. The lowest BCUT2D eigenvalue weighted by Gasteiger charge is -2.13. The molecule has 0 unspecified atom stereocenters. The smallest absolute Gasteiger partial charge is 0.349 e. The molecule has 0 heterocycles. The van der Waals surface area contributed by atoms with E-state index in [2.05, 4.69) is 0 Å². The molecule has 138 valence electrons. The number of rotatable bonds is 6. The second-order valence-corrected chi connectivity index (χ2v) is 6.06. The first-order chi connectivity index (χ1) is 12.8. The van der Waals surface area contributed by atoms with E-state index in [0.717, 1.165) is 5.69 Å². The third-order valence-electron chi connectivity index (χ3n) is 3.90. The van der Waals surface area contributed by atoms with Crippen molar-refractivity contribution in [1.29, 1.82) is 5.26 Å². The minimum absolute atomic E-state index is 0.0903. The number of benzene rings is 2. The molecule has 2 rings (SSSR count). The second-order valence-electron chi connectivity index (χ2n) is 6.06. The predicted octanol–water partition coefficient (Wildman–Crippen LogP) is 3.87. The van der Waals surface area contributed by atoms with Crippen molar-refractivity contribution in [1.82, 2.24) is 0 Å². The van der Waals surface area contributed by atoms with Gasteiger partial charge in [0.15, 0.2) is 0 Å². The Labute approximate surface area is 157 Å². The first-order valence-electron chi connectivity index (χ1n) is 8.16. The van der Waals surface area contributed by atoms with Gasteiger partial charge >= 0.3 is 5.97 Å². The highest BCUT2D eigenvalue weighted by Gasteiger charge is 2.18. The van der Waals surface area contributed by atoms with Gasteiger partial charge in [-0.3, -0.25) is 10.1 Å². The fourth-order valence-corrected chi connectivity index (χ4v) is 2.36. The molecule has 0 fully saturated rings. The fourth-order valence-electron chi connectivity index (χ4n) is 2.36. The van der Waals surface area contributed by atoms with Crippen molar-refractivity contribution in [2.75, 3.05) is 19.0 Å². The van der Waals surface area contributed by atoms with E-state index in [-0.39, 0.29) is 11.3 Å². The van der Waals surface area contributed by atoms with Crippen molar-refractivity contribution < 1.29 is 14.5 Å². The molecule has 0 radical (unpaired) electrons. The lowest BCUT2D eigenvalue weighted by atomic mass is 10.1. The van der Waals surface area contributed by atoms with Crippen LogP contribution in [0.25, 0.3) is 6.08 Å². The van der Waals surface area contributed by atoms with Crippen LogP contribution in [0.4, 0.5) is 11.4 Å². The van der Waals surface area contributed by atoms with E-state index in [1.165, 1.54) is 24.3 Å². The average Bonchev–Trinajstić information content (AvgIpc) is 2.66. The summed E-state index contributed by atoms with van der Waals surface area (Å²) in [5.74, 6) is -0.784. The molecular formula is C20H19N3O4. The largest absolute Gasteiger partial charge is 0.454 e. The van der Waals surface area contributed by atoms with Gasteiger partial charge in [-0.1, -0.05) is 24.3 Å². The van der Waals surface area contributed by atoms with Crippen LogP contribution < -0.4 is 4.90 Å². The zero-order chi connectivity index (χ0) is 20.0.